The normalized spacial score (nSPS) is 12.9. The number of nitrogens with one attached hydrogen (secondary N) is 1. The van der Waals surface area contributed by atoms with Crippen LogP contribution in [0, 0.1) is 6.92 Å². The Morgan fingerprint density at radius 2 is 2.08 bits per heavy atom. The molecule has 1 aromatic heterocycles. The van der Waals surface area contributed by atoms with Crippen molar-refractivity contribution in [3.05, 3.63) is 55.8 Å². The fourth-order valence-corrected chi connectivity index (χ4v) is 4.49. The highest BCUT2D eigenvalue weighted by atomic mass is 79.9. The Labute approximate surface area is 166 Å². The summed E-state index contributed by atoms with van der Waals surface area (Å²) in [5.41, 5.74) is 4.40. The SMILES string of the molecule is Cc1ccc2c(Cl)c(C(=O)NN=Cc3cc4c(cc3Br)OCO4)sc2c1. The summed E-state index contributed by atoms with van der Waals surface area (Å²) in [7, 11) is 0. The summed E-state index contributed by atoms with van der Waals surface area (Å²) < 4.78 is 12.4. The third-order valence-corrected chi connectivity index (χ3v) is 6.20. The predicted molar refractivity (Wildman–Crippen MR) is 107 cm³/mol. The monoisotopic (exact) mass is 450 g/mol. The van der Waals surface area contributed by atoms with Crippen LogP contribution in [0.4, 0.5) is 0 Å². The van der Waals surface area contributed by atoms with Gasteiger partial charge in [0.1, 0.15) is 4.88 Å². The van der Waals surface area contributed by atoms with Crippen LogP contribution in [0.5, 0.6) is 11.5 Å². The van der Waals surface area contributed by atoms with Gasteiger partial charge in [-0.15, -0.1) is 11.3 Å². The second-order valence-corrected chi connectivity index (χ2v) is 7.96. The van der Waals surface area contributed by atoms with Crippen molar-refractivity contribution in [2.45, 2.75) is 6.92 Å². The number of hydrogen-bond acceptors (Lipinski definition) is 5. The third-order valence-electron chi connectivity index (χ3n) is 3.85. The lowest BCUT2D eigenvalue weighted by molar-refractivity contribution is 0.0959. The molecule has 0 unspecified atom stereocenters. The van der Waals surface area contributed by atoms with E-state index in [2.05, 4.69) is 26.5 Å². The summed E-state index contributed by atoms with van der Waals surface area (Å²) in [6.07, 6.45) is 1.54. The van der Waals surface area contributed by atoms with E-state index in [4.69, 9.17) is 21.1 Å². The van der Waals surface area contributed by atoms with Crippen molar-refractivity contribution in [3.8, 4) is 11.5 Å². The molecule has 0 saturated heterocycles. The molecule has 0 saturated carbocycles. The number of aryl methyl sites for hydroxylation is 1. The van der Waals surface area contributed by atoms with Gasteiger partial charge >= 0.3 is 0 Å². The minimum atomic E-state index is -0.345. The molecule has 5 nitrogen and oxygen atoms in total. The second kappa shape index (κ2) is 6.90. The minimum Gasteiger partial charge on any atom is -0.454 e. The first-order valence-electron chi connectivity index (χ1n) is 7.64. The maximum absolute atomic E-state index is 12.4. The lowest BCUT2D eigenvalue weighted by atomic mass is 10.2. The zero-order valence-electron chi connectivity index (χ0n) is 13.5. The molecule has 2 aromatic carbocycles. The third kappa shape index (κ3) is 3.18. The zero-order chi connectivity index (χ0) is 18.3. The number of hydrogen-bond donors (Lipinski definition) is 1. The van der Waals surface area contributed by atoms with Gasteiger partial charge < -0.3 is 9.47 Å². The molecule has 0 radical (unpaired) electrons. The molecule has 4 rings (SSSR count). The minimum absolute atomic E-state index is 0.197. The van der Waals surface area contributed by atoms with E-state index in [-0.39, 0.29) is 12.7 Å². The first kappa shape index (κ1) is 17.3. The van der Waals surface area contributed by atoms with E-state index in [0.29, 0.717) is 21.4 Å². The number of carbonyl (C=O) groups is 1. The Hall–Kier alpha value is -2.09. The molecule has 132 valence electrons. The summed E-state index contributed by atoms with van der Waals surface area (Å²) >= 11 is 11.1. The van der Waals surface area contributed by atoms with Crippen molar-refractivity contribution in [3.63, 3.8) is 0 Å². The number of rotatable bonds is 3. The summed E-state index contributed by atoms with van der Waals surface area (Å²) in [5.74, 6) is 0.969. The van der Waals surface area contributed by atoms with Gasteiger partial charge in [-0.1, -0.05) is 23.7 Å². The van der Waals surface area contributed by atoms with E-state index in [0.717, 1.165) is 25.7 Å². The molecule has 26 heavy (non-hydrogen) atoms. The molecule has 3 aromatic rings. The Balaban J connectivity index is 1.54. The van der Waals surface area contributed by atoms with Crippen molar-refractivity contribution >= 4 is 61.1 Å². The number of fused-ring (bicyclic) bond motifs is 2. The molecule has 8 heteroatoms. The molecule has 0 aliphatic carbocycles. The van der Waals surface area contributed by atoms with Crippen molar-refractivity contribution in [2.75, 3.05) is 6.79 Å². The number of amides is 1. The van der Waals surface area contributed by atoms with Gasteiger partial charge in [0, 0.05) is 20.1 Å². The Morgan fingerprint density at radius 1 is 1.31 bits per heavy atom. The van der Waals surface area contributed by atoms with Crippen LogP contribution in [0.2, 0.25) is 5.02 Å². The number of benzene rings is 2. The van der Waals surface area contributed by atoms with E-state index in [1.54, 1.807) is 12.1 Å². The maximum atomic E-state index is 12.4. The molecule has 1 aliphatic heterocycles. The number of thiophene rings is 1. The summed E-state index contributed by atoms with van der Waals surface area (Å²) in [6.45, 7) is 2.20. The Kier molecular flexibility index (Phi) is 4.60. The molecule has 1 aliphatic rings. The number of hydrazone groups is 1. The van der Waals surface area contributed by atoms with Crippen LogP contribution in [0.1, 0.15) is 20.8 Å². The van der Waals surface area contributed by atoms with Gasteiger partial charge in [-0.2, -0.15) is 5.10 Å². The Morgan fingerprint density at radius 3 is 2.88 bits per heavy atom. The van der Waals surface area contributed by atoms with E-state index in [1.807, 2.05) is 25.1 Å². The lowest BCUT2D eigenvalue weighted by Gasteiger charge is -2.02. The van der Waals surface area contributed by atoms with Gasteiger partial charge in [-0.3, -0.25) is 4.79 Å². The highest BCUT2D eigenvalue weighted by Crippen LogP contribution is 2.37. The topological polar surface area (TPSA) is 59.9 Å². The highest BCUT2D eigenvalue weighted by Gasteiger charge is 2.18. The average molecular weight is 452 g/mol. The van der Waals surface area contributed by atoms with Crippen LogP contribution in [-0.4, -0.2) is 18.9 Å². The number of halogens is 2. The first-order valence-corrected chi connectivity index (χ1v) is 9.63. The van der Waals surface area contributed by atoms with Crippen molar-refractivity contribution in [1.82, 2.24) is 5.43 Å². The molecular weight excluding hydrogens is 440 g/mol. The van der Waals surface area contributed by atoms with Crippen LogP contribution in [0.3, 0.4) is 0 Å². The van der Waals surface area contributed by atoms with E-state index in [9.17, 15) is 4.79 Å². The highest BCUT2D eigenvalue weighted by molar-refractivity contribution is 9.10. The maximum Gasteiger partial charge on any atom is 0.283 e. The van der Waals surface area contributed by atoms with Crippen molar-refractivity contribution in [1.29, 1.82) is 0 Å². The van der Waals surface area contributed by atoms with E-state index in [1.165, 1.54) is 17.6 Å². The number of nitrogens with zero attached hydrogens (tertiary/aromatic N) is 1. The fraction of sp³-hybridized carbons (Fsp3) is 0.111. The Bertz CT molecular complexity index is 1060. The van der Waals surface area contributed by atoms with Gasteiger partial charge in [0.15, 0.2) is 11.5 Å². The molecule has 0 spiro atoms. The molecule has 0 bridgehead atoms. The number of ether oxygens (including phenoxy) is 2. The molecular formula is C18H12BrClN2O3S. The summed E-state index contributed by atoms with van der Waals surface area (Å²) in [4.78, 5) is 12.9. The molecule has 1 N–H and O–H groups in total. The van der Waals surface area contributed by atoms with E-state index < -0.39 is 0 Å². The summed E-state index contributed by atoms with van der Waals surface area (Å²) in [5, 5.41) is 5.35. The second-order valence-electron chi connectivity index (χ2n) is 5.67. The van der Waals surface area contributed by atoms with Crippen LogP contribution in [-0.2, 0) is 0 Å². The van der Waals surface area contributed by atoms with Crippen LogP contribution in [0.15, 0.2) is 39.9 Å². The number of carbonyl (C=O) groups excluding carboxylic acids is 1. The zero-order valence-corrected chi connectivity index (χ0v) is 16.7. The summed E-state index contributed by atoms with van der Waals surface area (Å²) in [6, 6.07) is 9.49. The molecule has 0 fully saturated rings. The molecule has 1 amide bonds. The lowest BCUT2D eigenvalue weighted by Crippen LogP contribution is -2.16. The van der Waals surface area contributed by atoms with Gasteiger partial charge in [0.2, 0.25) is 6.79 Å². The van der Waals surface area contributed by atoms with Crippen molar-refractivity contribution < 1.29 is 14.3 Å². The van der Waals surface area contributed by atoms with Crippen LogP contribution < -0.4 is 14.9 Å². The predicted octanol–water partition coefficient (Wildman–Crippen LogP) is 5.12. The fourth-order valence-electron chi connectivity index (χ4n) is 2.56. The van der Waals surface area contributed by atoms with Gasteiger partial charge in [-0.25, -0.2) is 5.43 Å². The average Bonchev–Trinajstić information content (AvgIpc) is 3.18. The van der Waals surface area contributed by atoms with Crippen LogP contribution in [0.25, 0.3) is 10.1 Å². The first-order chi connectivity index (χ1) is 12.5. The van der Waals surface area contributed by atoms with Crippen molar-refractivity contribution in [2.24, 2.45) is 5.10 Å². The van der Waals surface area contributed by atoms with Gasteiger partial charge in [-0.05, 0) is 46.6 Å². The smallest absolute Gasteiger partial charge is 0.283 e. The standard InChI is InChI=1S/C18H12BrClN2O3S/c1-9-2-3-11-15(4-9)26-17(16(11)20)18(23)22-21-7-10-5-13-14(6-12(10)19)25-8-24-13/h2-7H,8H2,1H3,(H,22,23). The van der Waals surface area contributed by atoms with Gasteiger partial charge in [0.05, 0.1) is 11.2 Å². The quantitative estimate of drug-likeness (QED) is 0.444. The van der Waals surface area contributed by atoms with Crippen LogP contribution >= 0.6 is 38.9 Å². The molecule has 2 heterocycles. The largest absolute Gasteiger partial charge is 0.454 e. The molecule has 0 atom stereocenters. The van der Waals surface area contributed by atoms with E-state index >= 15 is 0 Å². The van der Waals surface area contributed by atoms with Gasteiger partial charge in [0.25, 0.3) is 5.91 Å².